The second-order valence-corrected chi connectivity index (χ2v) is 5.59. The molecule has 1 unspecified atom stereocenters. The van der Waals surface area contributed by atoms with Crippen LogP contribution in [-0.4, -0.2) is 0 Å². The van der Waals surface area contributed by atoms with Crippen molar-refractivity contribution in [1.29, 1.82) is 0 Å². The van der Waals surface area contributed by atoms with E-state index in [0.717, 1.165) is 6.42 Å². The van der Waals surface area contributed by atoms with Crippen LogP contribution in [0.2, 0.25) is 0 Å². The standard InChI is InChI=1S/C17H23N/c1-12(2)8-11-17(18)16-10-9-13(3)14-6-4-5-7-15(14)16/h4-7,9-10,12,17H,8,11,18H2,1-3H3. The molecule has 1 atom stereocenters. The van der Waals surface area contributed by atoms with Crippen molar-refractivity contribution in [3.05, 3.63) is 47.5 Å². The van der Waals surface area contributed by atoms with Crippen LogP contribution in [0.25, 0.3) is 10.8 Å². The first-order valence-corrected chi connectivity index (χ1v) is 6.83. The number of rotatable bonds is 4. The van der Waals surface area contributed by atoms with Crippen molar-refractivity contribution in [2.75, 3.05) is 0 Å². The van der Waals surface area contributed by atoms with E-state index in [1.807, 2.05) is 0 Å². The largest absolute Gasteiger partial charge is 0.324 e. The Balaban J connectivity index is 2.36. The second kappa shape index (κ2) is 5.53. The van der Waals surface area contributed by atoms with Gasteiger partial charge in [-0.05, 0) is 47.6 Å². The van der Waals surface area contributed by atoms with Crippen LogP contribution in [0.5, 0.6) is 0 Å². The van der Waals surface area contributed by atoms with Gasteiger partial charge in [0.2, 0.25) is 0 Å². The third kappa shape index (κ3) is 2.73. The van der Waals surface area contributed by atoms with Crippen molar-refractivity contribution in [3.8, 4) is 0 Å². The summed E-state index contributed by atoms with van der Waals surface area (Å²) in [4.78, 5) is 0. The molecule has 96 valence electrons. The van der Waals surface area contributed by atoms with E-state index in [9.17, 15) is 0 Å². The molecule has 1 heteroatoms. The number of nitrogens with two attached hydrogens (primary N) is 1. The lowest BCUT2D eigenvalue weighted by Gasteiger charge is -2.17. The Hall–Kier alpha value is -1.34. The van der Waals surface area contributed by atoms with E-state index in [1.165, 1.54) is 28.3 Å². The van der Waals surface area contributed by atoms with Gasteiger partial charge in [0.05, 0.1) is 0 Å². The molecule has 0 fully saturated rings. The summed E-state index contributed by atoms with van der Waals surface area (Å²) in [6.45, 7) is 6.66. The molecule has 0 aliphatic heterocycles. The zero-order chi connectivity index (χ0) is 13.1. The summed E-state index contributed by atoms with van der Waals surface area (Å²) in [5.74, 6) is 0.716. The molecule has 2 rings (SSSR count). The molecule has 2 N–H and O–H groups in total. The van der Waals surface area contributed by atoms with E-state index < -0.39 is 0 Å². The summed E-state index contributed by atoms with van der Waals surface area (Å²) in [7, 11) is 0. The highest BCUT2D eigenvalue weighted by atomic mass is 14.6. The van der Waals surface area contributed by atoms with Gasteiger partial charge in [0.1, 0.15) is 0 Å². The third-order valence-corrected chi connectivity index (χ3v) is 3.63. The van der Waals surface area contributed by atoms with Gasteiger partial charge in [-0.25, -0.2) is 0 Å². The number of aryl methyl sites for hydroxylation is 1. The molecule has 0 saturated carbocycles. The molecule has 2 aromatic rings. The van der Waals surface area contributed by atoms with Crippen molar-refractivity contribution in [2.45, 2.75) is 39.7 Å². The van der Waals surface area contributed by atoms with Crippen molar-refractivity contribution in [1.82, 2.24) is 0 Å². The van der Waals surface area contributed by atoms with Crippen LogP contribution < -0.4 is 5.73 Å². The number of fused-ring (bicyclic) bond motifs is 1. The fourth-order valence-corrected chi connectivity index (χ4v) is 2.46. The Bertz CT molecular complexity index is 528. The maximum atomic E-state index is 6.36. The topological polar surface area (TPSA) is 26.0 Å². The van der Waals surface area contributed by atoms with Crippen LogP contribution in [0, 0.1) is 12.8 Å². The predicted molar refractivity (Wildman–Crippen MR) is 79.7 cm³/mol. The highest BCUT2D eigenvalue weighted by molar-refractivity contribution is 5.88. The molecular formula is C17H23N. The highest BCUT2D eigenvalue weighted by Crippen LogP contribution is 2.28. The average molecular weight is 241 g/mol. The molecule has 0 aliphatic carbocycles. The quantitative estimate of drug-likeness (QED) is 0.832. The van der Waals surface area contributed by atoms with Crippen LogP contribution in [0.3, 0.4) is 0 Å². The van der Waals surface area contributed by atoms with Gasteiger partial charge in [-0.3, -0.25) is 0 Å². The van der Waals surface area contributed by atoms with Crippen LogP contribution in [0.4, 0.5) is 0 Å². The van der Waals surface area contributed by atoms with E-state index in [1.54, 1.807) is 0 Å². The SMILES string of the molecule is Cc1ccc(C(N)CCC(C)C)c2ccccc12. The lowest BCUT2D eigenvalue weighted by atomic mass is 9.92. The van der Waals surface area contributed by atoms with Crippen molar-refractivity contribution >= 4 is 10.8 Å². The van der Waals surface area contributed by atoms with Gasteiger partial charge in [0.15, 0.2) is 0 Å². The summed E-state index contributed by atoms with van der Waals surface area (Å²) in [5.41, 5.74) is 8.97. The number of benzene rings is 2. The summed E-state index contributed by atoms with van der Waals surface area (Å²) >= 11 is 0. The molecule has 0 aromatic heterocycles. The van der Waals surface area contributed by atoms with Crippen LogP contribution in [0.15, 0.2) is 36.4 Å². The van der Waals surface area contributed by atoms with Crippen LogP contribution in [-0.2, 0) is 0 Å². The first kappa shape index (κ1) is 13.1. The number of hydrogen-bond donors (Lipinski definition) is 1. The molecule has 0 aliphatic rings. The molecule has 1 nitrogen and oxygen atoms in total. The van der Waals surface area contributed by atoms with Gasteiger partial charge in [-0.2, -0.15) is 0 Å². The highest BCUT2D eigenvalue weighted by Gasteiger charge is 2.11. The maximum absolute atomic E-state index is 6.36. The van der Waals surface area contributed by atoms with Crippen LogP contribution in [0.1, 0.15) is 43.9 Å². The van der Waals surface area contributed by atoms with Crippen LogP contribution >= 0.6 is 0 Å². The number of hydrogen-bond acceptors (Lipinski definition) is 1. The average Bonchev–Trinajstić information content (AvgIpc) is 2.37. The third-order valence-electron chi connectivity index (χ3n) is 3.63. The van der Waals surface area contributed by atoms with Crippen molar-refractivity contribution in [3.63, 3.8) is 0 Å². The lowest BCUT2D eigenvalue weighted by Crippen LogP contribution is -2.11. The smallest absolute Gasteiger partial charge is 0.0301 e. The molecule has 0 saturated heterocycles. The second-order valence-electron chi connectivity index (χ2n) is 5.59. The molecule has 0 heterocycles. The normalized spacial score (nSPS) is 13.2. The van der Waals surface area contributed by atoms with Gasteiger partial charge in [-0.1, -0.05) is 50.2 Å². The molecule has 0 radical (unpaired) electrons. The molecule has 0 amide bonds. The Morgan fingerprint density at radius 3 is 2.28 bits per heavy atom. The van der Waals surface area contributed by atoms with E-state index in [4.69, 9.17) is 5.73 Å². The summed E-state index contributed by atoms with van der Waals surface area (Å²) in [6.07, 6.45) is 2.24. The minimum atomic E-state index is 0.151. The fourth-order valence-electron chi connectivity index (χ4n) is 2.46. The van der Waals surface area contributed by atoms with Gasteiger partial charge < -0.3 is 5.73 Å². The lowest BCUT2D eigenvalue weighted by molar-refractivity contribution is 0.508. The van der Waals surface area contributed by atoms with E-state index in [0.29, 0.717) is 5.92 Å². The van der Waals surface area contributed by atoms with Gasteiger partial charge in [0, 0.05) is 6.04 Å². The molecule has 18 heavy (non-hydrogen) atoms. The Morgan fingerprint density at radius 2 is 1.61 bits per heavy atom. The summed E-state index contributed by atoms with van der Waals surface area (Å²) < 4.78 is 0. The van der Waals surface area contributed by atoms with E-state index >= 15 is 0 Å². The van der Waals surface area contributed by atoms with Gasteiger partial charge >= 0.3 is 0 Å². The maximum Gasteiger partial charge on any atom is 0.0301 e. The van der Waals surface area contributed by atoms with E-state index in [-0.39, 0.29) is 6.04 Å². The van der Waals surface area contributed by atoms with Crippen molar-refractivity contribution in [2.24, 2.45) is 11.7 Å². The minimum Gasteiger partial charge on any atom is -0.324 e. The minimum absolute atomic E-state index is 0.151. The fraction of sp³-hybridized carbons (Fsp3) is 0.412. The predicted octanol–water partition coefficient (Wildman–Crippen LogP) is 4.58. The zero-order valence-electron chi connectivity index (χ0n) is 11.6. The monoisotopic (exact) mass is 241 g/mol. The molecular weight excluding hydrogens is 218 g/mol. The van der Waals surface area contributed by atoms with Gasteiger partial charge in [0.25, 0.3) is 0 Å². The molecule has 0 spiro atoms. The van der Waals surface area contributed by atoms with E-state index in [2.05, 4.69) is 57.2 Å². The Kier molecular flexibility index (Phi) is 4.03. The Morgan fingerprint density at radius 1 is 0.944 bits per heavy atom. The van der Waals surface area contributed by atoms with Gasteiger partial charge in [-0.15, -0.1) is 0 Å². The summed E-state index contributed by atoms with van der Waals surface area (Å²) in [6, 6.07) is 13.1. The summed E-state index contributed by atoms with van der Waals surface area (Å²) in [5, 5.41) is 2.64. The van der Waals surface area contributed by atoms with Crippen molar-refractivity contribution < 1.29 is 0 Å². The molecule has 0 bridgehead atoms. The first-order valence-electron chi connectivity index (χ1n) is 6.83. The Labute approximate surface area is 110 Å². The first-order chi connectivity index (χ1) is 8.59. The molecule has 2 aromatic carbocycles. The zero-order valence-corrected chi connectivity index (χ0v) is 11.6.